The quantitative estimate of drug-likeness (QED) is 0.830. The van der Waals surface area contributed by atoms with Crippen LogP contribution in [0.4, 0.5) is 5.88 Å². The minimum Gasteiger partial charge on any atom is -0.496 e. The Hall–Kier alpha value is -1.62. The summed E-state index contributed by atoms with van der Waals surface area (Å²) in [6.07, 6.45) is 3.61. The highest BCUT2D eigenvalue weighted by atomic mass is 32.2. The van der Waals surface area contributed by atoms with E-state index in [1.54, 1.807) is 25.1 Å². The second kappa shape index (κ2) is 4.49. The van der Waals surface area contributed by atoms with Crippen molar-refractivity contribution in [1.82, 2.24) is 5.16 Å². The van der Waals surface area contributed by atoms with E-state index in [1.165, 1.54) is 0 Å². The predicted molar refractivity (Wildman–Crippen MR) is 64.7 cm³/mol. The number of thioether (sulfide) groups is 1. The third-order valence-electron chi connectivity index (χ3n) is 2.29. The normalized spacial score (nSPS) is 10.4. The van der Waals surface area contributed by atoms with Gasteiger partial charge in [0.15, 0.2) is 0 Å². The lowest BCUT2D eigenvalue weighted by atomic mass is 10.1. The van der Waals surface area contributed by atoms with Crippen molar-refractivity contribution in [1.29, 1.82) is 0 Å². The van der Waals surface area contributed by atoms with E-state index in [9.17, 15) is 0 Å². The average Bonchev–Trinajstić information content (AvgIpc) is 2.74. The van der Waals surface area contributed by atoms with Gasteiger partial charge in [-0.3, -0.25) is 0 Å². The number of anilines is 1. The van der Waals surface area contributed by atoms with Gasteiger partial charge in [0.2, 0.25) is 5.88 Å². The Balaban J connectivity index is 2.61. The lowest BCUT2D eigenvalue weighted by Gasteiger charge is -2.10. The number of hydrogen-bond donors (Lipinski definition) is 1. The summed E-state index contributed by atoms with van der Waals surface area (Å²) in [6.45, 7) is 0. The molecule has 84 valence electrons. The molecule has 4 nitrogen and oxygen atoms in total. The third kappa shape index (κ3) is 1.74. The van der Waals surface area contributed by atoms with Crippen molar-refractivity contribution in [3.8, 4) is 16.9 Å². The van der Waals surface area contributed by atoms with Gasteiger partial charge in [-0.2, -0.15) is 0 Å². The van der Waals surface area contributed by atoms with E-state index < -0.39 is 0 Å². The molecule has 1 heterocycles. The minimum atomic E-state index is 0.323. The third-order valence-corrected chi connectivity index (χ3v) is 3.12. The minimum absolute atomic E-state index is 0.323. The van der Waals surface area contributed by atoms with E-state index in [-0.39, 0.29) is 0 Å². The standard InChI is InChI=1S/C11H12N2O2S/c1-14-9-5-3-4-7(10(9)16-2)8-6-13-15-11(8)12/h3-6H,12H2,1-2H3. The summed E-state index contributed by atoms with van der Waals surface area (Å²) in [5.41, 5.74) is 7.48. The number of nitrogen functional groups attached to an aromatic ring is 1. The molecule has 1 aromatic heterocycles. The summed E-state index contributed by atoms with van der Waals surface area (Å²) in [5.74, 6) is 1.15. The Morgan fingerprint density at radius 1 is 1.38 bits per heavy atom. The zero-order valence-electron chi connectivity index (χ0n) is 9.06. The second-order valence-corrected chi connectivity index (χ2v) is 3.96. The molecule has 2 rings (SSSR count). The number of aromatic nitrogens is 1. The van der Waals surface area contributed by atoms with Crippen LogP contribution in [0.5, 0.6) is 5.75 Å². The molecular formula is C11H12N2O2S. The van der Waals surface area contributed by atoms with Crippen LogP contribution in [0.2, 0.25) is 0 Å². The van der Waals surface area contributed by atoms with Crippen LogP contribution in [-0.4, -0.2) is 18.5 Å². The molecule has 0 saturated heterocycles. The molecule has 0 aliphatic carbocycles. The van der Waals surface area contributed by atoms with Crippen molar-refractivity contribution in [3.63, 3.8) is 0 Å². The lowest BCUT2D eigenvalue weighted by molar-refractivity contribution is 0.405. The molecule has 0 atom stereocenters. The molecule has 0 radical (unpaired) electrons. The molecule has 0 unspecified atom stereocenters. The van der Waals surface area contributed by atoms with E-state index in [0.717, 1.165) is 21.8 Å². The second-order valence-electron chi connectivity index (χ2n) is 3.14. The highest BCUT2D eigenvalue weighted by Crippen LogP contribution is 2.39. The van der Waals surface area contributed by atoms with E-state index in [4.69, 9.17) is 15.0 Å². The maximum atomic E-state index is 5.71. The van der Waals surface area contributed by atoms with Crippen molar-refractivity contribution in [2.24, 2.45) is 0 Å². The van der Waals surface area contributed by atoms with Crippen LogP contribution in [0.3, 0.4) is 0 Å². The van der Waals surface area contributed by atoms with Gasteiger partial charge in [0.25, 0.3) is 0 Å². The maximum Gasteiger partial charge on any atom is 0.229 e. The monoisotopic (exact) mass is 236 g/mol. The van der Waals surface area contributed by atoms with Gasteiger partial charge in [-0.05, 0) is 12.3 Å². The van der Waals surface area contributed by atoms with Gasteiger partial charge >= 0.3 is 0 Å². The van der Waals surface area contributed by atoms with Gasteiger partial charge < -0.3 is 15.0 Å². The molecule has 2 aromatic rings. The first-order valence-electron chi connectivity index (χ1n) is 4.69. The first-order valence-corrected chi connectivity index (χ1v) is 5.92. The van der Waals surface area contributed by atoms with E-state index in [1.807, 2.05) is 24.5 Å². The van der Waals surface area contributed by atoms with Gasteiger partial charge in [0.05, 0.1) is 23.8 Å². The highest BCUT2D eigenvalue weighted by molar-refractivity contribution is 7.98. The van der Waals surface area contributed by atoms with Gasteiger partial charge in [0.1, 0.15) is 5.75 Å². The van der Waals surface area contributed by atoms with Crippen LogP contribution in [0, 0.1) is 0 Å². The summed E-state index contributed by atoms with van der Waals surface area (Å²) in [6, 6.07) is 5.80. The largest absolute Gasteiger partial charge is 0.496 e. The molecule has 0 aliphatic rings. The zero-order chi connectivity index (χ0) is 11.5. The van der Waals surface area contributed by atoms with Gasteiger partial charge in [-0.25, -0.2) is 0 Å². The molecule has 0 bridgehead atoms. The van der Waals surface area contributed by atoms with Crippen molar-refractivity contribution in [2.75, 3.05) is 19.1 Å². The molecule has 0 saturated carbocycles. The average molecular weight is 236 g/mol. The molecule has 0 spiro atoms. The van der Waals surface area contributed by atoms with Crippen LogP contribution in [0.15, 0.2) is 33.8 Å². The molecule has 2 N–H and O–H groups in total. The molecule has 5 heteroatoms. The number of rotatable bonds is 3. The Bertz CT molecular complexity index is 496. The molecule has 16 heavy (non-hydrogen) atoms. The Labute approximate surface area is 97.8 Å². The number of ether oxygens (including phenoxy) is 1. The van der Waals surface area contributed by atoms with E-state index in [0.29, 0.717) is 5.88 Å². The smallest absolute Gasteiger partial charge is 0.229 e. The number of hydrogen-bond acceptors (Lipinski definition) is 5. The first-order chi connectivity index (χ1) is 7.77. The summed E-state index contributed by atoms with van der Waals surface area (Å²) >= 11 is 1.60. The number of methoxy groups -OCH3 is 1. The highest BCUT2D eigenvalue weighted by Gasteiger charge is 2.14. The van der Waals surface area contributed by atoms with Crippen LogP contribution < -0.4 is 10.5 Å². The van der Waals surface area contributed by atoms with Crippen LogP contribution >= 0.6 is 11.8 Å². The lowest BCUT2D eigenvalue weighted by Crippen LogP contribution is -1.90. The Morgan fingerprint density at radius 3 is 2.75 bits per heavy atom. The molecule has 0 aliphatic heterocycles. The predicted octanol–water partition coefficient (Wildman–Crippen LogP) is 2.65. The fourth-order valence-corrected chi connectivity index (χ4v) is 2.30. The zero-order valence-corrected chi connectivity index (χ0v) is 9.88. The van der Waals surface area contributed by atoms with Crippen LogP contribution in [-0.2, 0) is 0 Å². The summed E-state index contributed by atoms with van der Waals surface area (Å²) in [4.78, 5) is 1.03. The number of nitrogens with two attached hydrogens (primary N) is 1. The van der Waals surface area contributed by atoms with Gasteiger partial charge in [-0.1, -0.05) is 17.3 Å². The number of benzene rings is 1. The van der Waals surface area contributed by atoms with Gasteiger partial charge in [-0.15, -0.1) is 11.8 Å². The summed E-state index contributed by atoms with van der Waals surface area (Å²) in [7, 11) is 1.65. The number of nitrogens with zero attached hydrogens (tertiary/aromatic N) is 1. The molecule has 0 fully saturated rings. The van der Waals surface area contributed by atoms with Crippen molar-refractivity contribution in [2.45, 2.75) is 4.90 Å². The molecule has 1 aromatic carbocycles. The van der Waals surface area contributed by atoms with Gasteiger partial charge in [0, 0.05) is 5.56 Å². The maximum absolute atomic E-state index is 5.71. The van der Waals surface area contributed by atoms with Crippen LogP contribution in [0.25, 0.3) is 11.1 Å². The first kappa shape index (κ1) is 10.9. The summed E-state index contributed by atoms with van der Waals surface area (Å²) < 4.78 is 10.2. The molecular weight excluding hydrogens is 224 g/mol. The Kier molecular flexibility index (Phi) is 3.05. The van der Waals surface area contributed by atoms with Crippen molar-refractivity contribution in [3.05, 3.63) is 24.4 Å². The van der Waals surface area contributed by atoms with E-state index in [2.05, 4.69) is 5.16 Å². The SMILES string of the molecule is COc1cccc(-c2cnoc2N)c1SC. The van der Waals surface area contributed by atoms with E-state index >= 15 is 0 Å². The van der Waals surface area contributed by atoms with Crippen molar-refractivity contribution < 1.29 is 9.26 Å². The van der Waals surface area contributed by atoms with Crippen molar-refractivity contribution >= 4 is 17.6 Å². The van der Waals surface area contributed by atoms with Crippen LogP contribution in [0.1, 0.15) is 0 Å². The molecule has 0 amide bonds. The summed E-state index contributed by atoms with van der Waals surface area (Å²) in [5, 5.41) is 3.68. The fraction of sp³-hybridized carbons (Fsp3) is 0.182. The Morgan fingerprint density at radius 2 is 2.19 bits per heavy atom. The fourth-order valence-electron chi connectivity index (χ4n) is 1.55. The topological polar surface area (TPSA) is 61.3 Å².